The molecule has 1 fully saturated rings. The SMILES string of the molecule is NC(=O)c1nccn([C@@H]2O[C@H](COP(=O)([O-])[O-])[C@@H](O)[C@H]2O)c1=O. The fourth-order valence-electron chi connectivity index (χ4n) is 2.06. The molecule has 4 atom stereocenters. The molecule has 23 heavy (non-hydrogen) atoms. The van der Waals surface area contributed by atoms with Gasteiger partial charge in [-0.1, -0.05) is 0 Å². The summed E-state index contributed by atoms with van der Waals surface area (Å²) in [6.07, 6.45) is -4.00. The number of nitrogens with zero attached hydrogens (tertiary/aromatic N) is 2. The lowest BCUT2D eigenvalue weighted by Crippen LogP contribution is -2.38. The van der Waals surface area contributed by atoms with Gasteiger partial charge in [-0.3, -0.25) is 14.2 Å². The summed E-state index contributed by atoms with van der Waals surface area (Å²) >= 11 is 0. The second-order valence-electron chi connectivity index (χ2n) is 4.64. The van der Waals surface area contributed by atoms with Gasteiger partial charge in [0.05, 0.1) is 14.4 Å². The van der Waals surface area contributed by atoms with Crippen molar-refractivity contribution in [3.05, 3.63) is 28.4 Å². The van der Waals surface area contributed by atoms with Gasteiger partial charge in [-0.15, -0.1) is 0 Å². The summed E-state index contributed by atoms with van der Waals surface area (Å²) in [5, 5.41) is 19.7. The Morgan fingerprint density at radius 3 is 2.70 bits per heavy atom. The van der Waals surface area contributed by atoms with Crippen molar-refractivity contribution in [2.45, 2.75) is 24.5 Å². The fraction of sp³-hybridized carbons (Fsp3) is 0.500. The molecule has 1 aromatic heterocycles. The Kier molecular flexibility index (Phi) is 4.96. The van der Waals surface area contributed by atoms with Crippen LogP contribution in [0.15, 0.2) is 17.2 Å². The smallest absolute Gasteiger partial charge is 0.284 e. The first-order valence-electron chi connectivity index (χ1n) is 6.17. The molecule has 1 aliphatic rings. The highest BCUT2D eigenvalue weighted by Crippen LogP contribution is 2.32. The summed E-state index contributed by atoms with van der Waals surface area (Å²) in [5.74, 6) is -1.10. The number of aliphatic hydroxyl groups excluding tert-OH is 2. The van der Waals surface area contributed by atoms with E-state index in [1.807, 2.05) is 0 Å². The lowest BCUT2D eigenvalue weighted by molar-refractivity contribution is -0.343. The van der Waals surface area contributed by atoms with Crippen molar-refractivity contribution in [3.63, 3.8) is 0 Å². The standard InChI is InChI=1S/C10H14N3O9P/c11-8(16)5-9(17)13(2-1-12-5)10-7(15)6(14)4(22-10)3-21-23(18,19)20/h1-2,4,6-7,10,14-15H,3H2,(H2,11,16)(H2,18,19,20)/p-2/t4-,6-,7-,10-/m1/s1. The molecule has 0 spiro atoms. The summed E-state index contributed by atoms with van der Waals surface area (Å²) in [6.45, 7) is -0.846. The highest BCUT2D eigenvalue weighted by Gasteiger charge is 2.44. The van der Waals surface area contributed by atoms with Gasteiger partial charge in [-0.05, 0) is 0 Å². The summed E-state index contributed by atoms with van der Waals surface area (Å²) in [4.78, 5) is 47.5. The van der Waals surface area contributed by atoms with Gasteiger partial charge in [0.1, 0.15) is 18.3 Å². The Labute approximate surface area is 128 Å². The number of phosphoric acid groups is 1. The van der Waals surface area contributed by atoms with E-state index in [0.717, 1.165) is 17.0 Å². The van der Waals surface area contributed by atoms with E-state index in [-0.39, 0.29) is 0 Å². The van der Waals surface area contributed by atoms with Crippen molar-refractivity contribution >= 4 is 13.7 Å². The summed E-state index contributed by atoms with van der Waals surface area (Å²) < 4.78 is 20.3. The Bertz CT molecular complexity index is 701. The van der Waals surface area contributed by atoms with Gasteiger partial charge in [0.25, 0.3) is 11.5 Å². The third-order valence-corrected chi connectivity index (χ3v) is 3.57. The van der Waals surface area contributed by atoms with Crippen LogP contribution >= 0.6 is 7.82 Å². The zero-order valence-electron chi connectivity index (χ0n) is 11.3. The maximum Gasteiger partial charge on any atom is 0.284 e. The molecule has 1 saturated heterocycles. The van der Waals surface area contributed by atoms with Gasteiger partial charge in [0, 0.05) is 12.4 Å². The highest BCUT2D eigenvalue weighted by atomic mass is 31.2. The molecule has 2 heterocycles. The van der Waals surface area contributed by atoms with Crippen LogP contribution in [0, 0.1) is 0 Å². The molecule has 0 radical (unpaired) electrons. The van der Waals surface area contributed by atoms with E-state index in [1.54, 1.807) is 0 Å². The second kappa shape index (κ2) is 6.45. The molecular weight excluding hydrogens is 337 g/mol. The van der Waals surface area contributed by atoms with Crippen LogP contribution in [-0.2, 0) is 13.8 Å². The zero-order chi connectivity index (χ0) is 17.4. The number of nitrogens with two attached hydrogens (primary N) is 1. The summed E-state index contributed by atoms with van der Waals surface area (Å²) in [5.41, 5.74) is 3.39. The minimum atomic E-state index is -5.30. The van der Waals surface area contributed by atoms with E-state index in [4.69, 9.17) is 10.5 Å². The number of hydrogen-bond donors (Lipinski definition) is 3. The predicted molar refractivity (Wildman–Crippen MR) is 66.5 cm³/mol. The maximum atomic E-state index is 12.0. The Balaban J connectivity index is 2.25. The van der Waals surface area contributed by atoms with E-state index in [9.17, 15) is 34.2 Å². The van der Waals surface area contributed by atoms with E-state index in [1.165, 1.54) is 0 Å². The normalized spacial score (nSPS) is 28.0. The van der Waals surface area contributed by atoms with E-state index >= 15 is 0 Å². The third kappa shape index (κ3) is 3.82. The quantitative estimate of drug-likeness (QED) is 0.438. The number of rotatable bonds is 5. The number of primary amides is 1. The molecule has 0 bridgehead atoms. The van der Waals surface area contributed by atoms with Gasteiger partial charge in [-0.25, -0.2) is 4.98 Å². The van der Waals surface area contributed by atoms with Gasteiger partial charge < -0.3 is 39.6 Å². The molecule has 4 N–H and O–H groups in total. The van der Waals surface area contributed by atoms with Crippen LogP contribution in [0.1, 0.15) is 16.7 Å². The van der Waals surface area contributed by atoms with Crippen molar-refractivity contribution in [1.82, 2.24) is 9.55 Å². The lowest BCUT2D eigenvalue weighted by Gasteiger charge is -2.30. The number of amides is 1. The molecule has 12 nitrogen and oxygen atoms in total. The van der Waals surface area contributed by atoms with Crippen LogP contribution in [0.3, 0.4) is 0 Å². The van der Waals surface area contributed by atoms with Gasteiger partial charge in [0.2, 0.25) is 0 Å². The predicted octanol–water partition coefficient (Wildman–Crippen LogP) is -4.19. The van der Waals surface area contributed by atoms with Crippen LogP contribution in [-0.4, -0.2) is 50.6 Å². The minimum Gasteiger partial charge on any atom is -0.790 e. The van der Waals surface area contributed by atoms with Crippen LogP contribution < -0.4 is 21.1 Å². The monoisotopic (exact) mass is 349 g/mol. The third-order valence-electron chi connectivity index (χ3n) is 3.11. The number of aliphatic hydroxyl groups is 2. The van der Waals surface area contributed by atoms with E-state index < -0.39 is 56.1 Å². The van der Waals surface area contributed by atoms with Crippen molar-refractivity contribution < 1.29 is 38.6 Å². The van der Waals surface area contributed by atoms with Crippen LogP contribution in [0.4, 0.5) is 0 Å². The number of carbonyl (C=O) groups is 1. The zero-order valence-corrected chi connectivity index (χ0v) is 12.2. The second-order valence-corrected chi connectivity index (χ2v) is 5.79. The molecule has 0 aromatic carbocycles. The first kappa shape index (κ1) is 17.7. The number of aromatic nitrogens is 2. The average molecular weight is 349 g/mol. The molecule has 0 aliphatic carbocycles. The van der Waals surface area contributed by atoms with Crippen molar-refractivity contribution in [1.29, 1.82) is 0 Å². The van der Waals surface area contributed by atoms with Crippen LogP contribution in [0.2, 0.25) is 0 Å². The Morgan fingerprint density at radius 2 is 2.13 bits per heavy atom. The molecule has 2 rings (SSSR count). The summed E-state index contributed by atoms with van der Waals surface area (Å²) in [6, 6.07) is 0. The Morgan fingerprint density at radius 1 is 1.48 bits per heavy atom. The lowest BCUT2D eigenvalue weighted by atomic mass is 10.1. The number of hydrogen-bond acceptors (Lipinski definition) is 10. The molecule has 1 aliphatic heterocycles. The van der Waals surface area contributed by atoms with Crippen molar-refractivity contribution in [3.8, 4) is 0 Å². The number of ether oxygens (including phenoxy) is 1. The van der Waals surface area contributed by atoms with Crippen LogP contribution in [0.5, 0.6) is 0 Å². The minimum absolute atomic E-state index is 0.610. The number of carbonyl (C=O) groups excluding carboxylic acids is 1. The topological polar surface area (TPSA) is 200 Å². The molecular formula is C10H12N3O9P-2. The van der Waals surface area contributed by atoms with Gasteiger partial charge >= 0.3 is 0 Å². The van der Waals surface area contributed by atoms with Gasteiger partial charge in [-0.2, -0.15) is 0 Å². The molecule has 0 saturated carbocycles. The first-order chi connectivity index (χ1) is 10.6. The molecule has 13 heteroatoms. The Hall–Kier alpha value is -1.66. The summed E-state index contributed by atoms with van der Waals surface area (Å²) in [7, 11) is -5.30. The molecule has 1 aromatic rings. The molecule has 1 amide bonds. The van der Waals surface area contributed by atoms with Crippen LogP contribution in [0.25, 0.3) is 0 Å². The fourth-order valence-corrected chi connectivity index (χ4v) is 2.39. The molecule has 128 valence electrons. The number of phosphoric ester groups is 1. The maximum absolute atomic E-state index is 12.0. The molecule has 0 unspecified atom stereocenters. The van der Waals surface area contributed by atoms with Crippen molar-refractivity contribution in [2.75, 3.05) is 6.61 Å². The first-order valence-corrected chi connectivity index (χ1v) is 7.63. The van der Waals surface area contributed by atoms with E-state index in [2.05, 4.69) is 9.51 Å². The average Bonchev–Trinajstić information content (AvgIpc) is 2.72. The van der Waals surface area contributed by atoms with E-state index in [0.29, 0.717) is 0 Å². The largest absolute Gasteiger partial charge is 0.790 e. The van der Waals surface area contributed by atoms with Crippen molar-refractivity contribution in [2.24, 2.45) is 5.73 Å². The van der Waals surface area contributed by atoms with Gasteiger partial charge in [0.15, 0.2) is 11.9 Å². The highest BCUT2D eigenvalue weighted by molar-refractivity contribution is 7.43.